The second kappa shape index (κ2) is 8.76. The van der Waals surface area contributed by atoms with Crippen LogP contribution in [0.4, 0.5) is 5.69 Å². The summed E-state index contributed by atoms with van der Waals surface area (Å²) in [6, 6.07) is 3.13. The molecule has 1 N–H and O–H groups in total. The molecule has 10 heteroatoms. The number of carbonyl (C=O) groups is 2. The molecule has 0 aliphatic carbocycles. The molecule has 0 saturated carbocycles. The predicted molar refractivity (Wildman–Crippen MR) is 113 cm³/mol. The van der Waals surface area contributed by atoms with Crippen molar-refractivity contribution in [2.75, 3.05) is 44.7 Å². The van der Waals surface area contributed by atoms with Gasteiger partial charge >= 0.3 is 0 Å². The summed E-state index contributed by atoms with van der Waals surface area (Å²) in [5.41, 5.74) is 1.00. The molecule has 170 valence electrons. The molecule has 3 heterocycles. The van der Waals surface area contributed by atoms with Gasteiger partial charge in [0.25, 0.3) is 5.91 Å². The lowest BCUT2D eigenvalue weighted by Gasteiger charge is -2.36. The molecule has 2 fully saturated rings. The number of morpholine rings is 1. The highest BCUT2D eigenvalue weighted by molar-refractivity contribution is 7.89. The minimum atomic E-state index is -3.82. The number of piperidine rings is 1. The summed E-state index contributed by atoms with van der Waals surface area (Å²) in [6.07, 6.45) is 1.16. The average molecular weight is 452 g/mol. The third kappa shape index (κ3) is 4.28. The van der Waals surface area contributed by atoms with Crippen LogP contribution in [0.25, 0.3) is 0 Å². The first-order chi connectivity index (χ1) is 14.8. The van der Waals surface area contributed by atoms with Gasteiger partial charge in [-0.3, -0.25) is 9.59 Å². The van der Waals surface area contributed by atoms with E-state index in [-0.39, 0.29) is 29.2 Å². The normalized spacial score (nSPS) is 24.8. The van der Waals surface area contributed by atoms with E-state index in [1.807, 2.05) is 6.92 Å². The van der Waals surface area contributed by atoms with Crippen molar-refractivity contribution in [3.63, 3.8) is 0 Å². The fraction of sp³-hybridized carbons (Fsp3) is 0.619. The number of nitrogens with zero attached hydrogens (tertiary/aromatic N) is 2. The second-order valence-corrected chi connectivity index (χ2v) is 10.2. The van der Waals surface area contributed by atoms with Crippen LogP contribution in [0, 0.1) is 12.8 Å². The lowest BCUT2D eigenvalue weighted by molar-refractivity contribution is -0.140. The molecule has 2 saturated heterocycles. The Hall–Kier alpha value is -2.17. The summed E-state index contributed by atoms with van der Waals surface area (Å²) in [6.45, 7) is 6.21. The molecule has 0 spiro atoms. The molecule has 0 aromatic heterocycles. The number of benzene rings is 1. The Morgan fingerprint density at radius 2 is 1.97 bits per heavy atom. The standard InChI is InChI=1S/C21H29N3O6S/c1-3-17-20(25)22-16-11-14(2)19(12-18(16)30-17)31(27,28)24-6-4-5-15(13-24)21(26)23-7-9-29-10-8-23/h11-12,15,17H,3-10,13H2,1-2H3,(H,22,25)/t15-,17-/m1/s1. The van der Waals surface area contributed by atoms with E-state index in [2.05, 4.69) is 5.32 Å². The van der Waals surface area contributed by atoms with Crippen molar-refractivity contribution >= 4 is 27.5 Å². The second-order valence-electron chi connectivity index (χ2n) is 8.26. The SMILES string of the molecule is CC[C@H]1Oc2cc(S(=O)(=O)N3CCC[C@@H](C(=O)N4CCOCC4)C3)c(C)cc2NC1=O. The molecule has 0 bridgehead atoms. The Kier molecular flexibility index (Phi) is 6.23. The number of aryl methyl sites for hydroxylation is 1. The molecular weight excluding hydrogens is 422 g/mol. The van der Waals surface area contributed by atoms with Gasteiger partial charge in [-0.1, -0.05) is 6.92 Å². The molecule has 1 aromatic carbocycles. The summed E-state index contributed by atoms with van der Waals surface area (Å²) < 4.78 is 39.4. The third-order valence-corrected chi connectivity index (χ3v) is 8.15. The van der Waals surface area contributed by atoms with Crippen LogP contribution < -0.4 is 10.1 Å². The summed E-state index contributed by atoms with van der Waals surface area (Å²) in [5.74, 6) is -0.221. The average Bonchev–Trinajstić information content (AvgIpc) is 2.78. The predicted octanol–water partition coefficient (Wildman–Crippen LogP) is 1.36. The maximum absolute atomic E-state index is 13.5. The van der Waals surface area contributed by atoms with Crippen molar-refractivity contribution in [3.8, 4) is 5.75 Å². The Bertz CT molecular complexity index is 974. The van der Waals surface area contributed by atoms with Crippen LogP contribution in [0.2, 0.25) is 0 Å². The zero-order chi connectivity index (χ0) is 22.2. The Labute approximate surface area is 182 Å². The zero-order valence-electron chi connectivity index (χ0n) is 17.9. The lowest BCUT2D eigenvalue weighted by Crippen LogP contribution is -2.49. The number of nitrogens with one attached hydrogen (secondary N) is 1. The largest absolute Gasteiger partial charge is 0.478 e. The first-order valence-corrected chi connectivity index (χ1v) is 12.2. The first-order valence-electron chi connectivity index (χ1n) is 10.8. The first kappa shape index (κ1) is 22.0. The van der Waals surface area contributed by atoms with Crippen molar-refractivity contribution in [2.45, 2.75) is 44.1 Å². The fourth-order valence-electron chi connectivity index (χ4n) is 4.37. The van der Waals surface area contributed by atoms with Gasteiger partial charge in [0.2, 0.25) is 15.9 Å². The Morgan fingerprint density at radius 3 is 2.68 bits per heavy atom. The van der Waals surface area contributed by atoms with E-state index in [0.29, 0.717) is 69.1 Å². The summed E-state index contributed by atoms with van der Waals surface area (Å²) >= 11 is 0. The minimum Gasteiger partial charge on any atom is -0.478 e. The van der Waals surface area contributed by atoms with Crippen LogP contribution in [0.3, 0.4) is 0 Å². The van der Waals surface area contributed by atoms with Gasteiger partial charge in [0.1, 0.15) is 5.75 Å². The number of hydrogen-bond acceptors (Lipinski definition) is 6. The van der Waals surface area contributed by atoms with E-state index in [1.165, 1.54) is 10.4 Å². The third-order valence-electron chi connectivity index (χ3n) is 6.14. The number of sulfonamides is 1. The number of amides is 2. The number of carbonyl (C=O) groups excluding carboxylic acids is 2. The molecule has 1 aromatic rings. The molecule has 31 heavy (non-hydrogen) atoms. The van der Waals surface area contributed by atoms with E-state index in [9.17, 15) is 18.0 Å². The summed E-state index contributed by atoms with van der Waals surface area (Å²) in [4.78, 5) is 26.9. The quantitative estimate of drug-likeness (QED) is 0.741. The topological polar surface area (TPSA) is 105 Å². The lowest BCUT2D eigenvalue weighted by atomic mass is 9.98. The molecule has 0 unspecified atom stereocenters. The highest BCUT2D eigenvalue weighted by Gasteiger charge is 2.37. The molecule has 2 atom stereocenters. The molecule has 0 radical (unpaired) electrons. The molecule has 3 aliphatic heterocycles. The van der Waals surface area contributed by atoms with E-state index < -0.39 is 16.1 Å². The summed E-state index contributed by atoms with van der Waals surface area (Å²) in [7, 11) is -3.82. The zero-order valence-corrected chi connectivity index (χ0v) is 18.7. The summed E-state index contributed by atoms with van der Waals surface area (Å²) in [5, 5.41) is 2.79. The fourth-order valence-corrected chi connectivity index (χ4v) is 6.12. The highest BCUT2D eigenvalue weighted by atomic mass is 32.2. The van der Waals surface area contributed by atoms with Gasteiger partial charge in [-0.2, -0.15) is 4.31 Å². The van der Waals surface area contributed by atoms with Crippen molar-refractivity contribution in [1.82, 2.24) is 9.21 Å². The Morgan fingerprint density at radius 1 is 1.23 bits per heavy atom. The minimum absolute atomic E-state index is 0.00203. The monoisotopic (exact) mass is 451 g/mol. The van der Waals surface area contributed by atoms with Gasteiger partial charge in [0.15, 0.2) is 6.10 Å². The number of anilines is 1. The van der Waals surface area contributed by atoms with E-state index in [1.54, 1.807) is 17.9 Å². The van der Waals surface area contributed by atoms with Gasteiger partial charge in [-0.05, 0) is 37.8 Å². The number of rotatable bonds is 4. The van der Waals surface area contributed by atoms with Gasteiger partial charge in [0.05, 0.1) is 29.7 Å². The van der Waals surface area contributed by atoms with E-state index in [0.717, 1.165) is 0 Å². The maximum atomic E-state index is 13.5. The van der Waals surface area contributed by atoms with Crippen LogP contribution in [-0.4, -0.2) is 74.9 Å². The van der Waals surface area contributed by atoms with Crippen molar-refractivity contribution < 1.29 is 27.5 Å². The highest BCUT2D eigenvalue weighted by Crippen LogP contribution is 2.36. The van der Waals surface area contributed by atoms with Crippen LogP contribution >= 0.6 is 0 Å². The van der Waals surface area contributed by atoms with Crippen molar-refractivity contribution in [1.29, 1.82) is 0 Å². The van der Waals surface area contributed by atoms with Gasteiger partial charge < -0.3 is 19.7 Å². The van der Waals surface area contributed by atoms with Crippen LogP contribution in [0.1, 0.15) is 31.7 Å². The molecule has 9 nitrogen and oxygen atoms in total. The molecule has 4 rings (SSSR count). The smallest absolute Gasteiger partial charge is 0.265 e. The van der Waals surface area contributed by atoms with Crippen LogP contribution in [0.5, 0.6) is 5.75 Å². The number of ether oxygens (including phenoxy) is 2. The molecular formula is C21H29N3O6S. The molecule has 3 aliphatic rings. The maximum Gasteiger partial charge on any atom is 0.265 e. The van der Waals surface area contributed by atoms with E-state index in [4.69, 9.17) is 9.47 Å². The van der Waals surface area contributed by atoms with Crippen LogP contribution in [-0.2, 0) is 24.3 Å². The van der Waals surface area contributed by atoms with Gasteiger partial charge in [-0.25, -0.2) is 8.42 Å². The van der Waals surface area contributed by atoms with Crippen molar-refractivity contribution in [3.05, 3.63) is 17.7 Å². The van der Waals surface area contributed by atoms with Gasteiger partial charge in [-0.15, -0.1) is 0 Å². The van der Waals surface area contributed by atoms with Gasteiger partial charge in [0, 0.05) is 32.2 Å². The Balaban J connectivity index is 1.56. The van der Waals surface area contributed by atoms with Crippen LogP contribution in [0.15, 0.2) is 17.0 Å². The van der Waals surface area contributed by atoms with Crippen molar-refractivity contribution in [2.24, 2.45) is 5.92 Å². The number of fused-ring (bicyclic) bond motifs is 1. The molecule has 2 amide bonds. The van der Waals surface area contributed by atoms with E-state index >= 15 is 0 Å². The number of hydrogen-bond donors (Lipinski definition) is 1.